The molecule has 0 bridgehead atoms. The van der Waals surface area contributed by atoms with Crippen LogP contribution in [0.3, 0.4) is 0 Å². The maximum atomic E-state index is 11.7. The topological polar surface area (TPSA) is 168 Å². The number of carbonyl (C=O) groups excluding carboxylic acids is 2. The number of halogens is 3. The second-order valence-corrected chi connectivity index (χ2v) is 16.0. The summed E-state index contributed by atoms with van der Waals surface area (Å²) < 4.78 is 21.6. The summed E-state index contributed by atoms with van der Waals surface area (Å²) in [5.41, 5.74) is -0.956. The molecule has 57 heavy (non-hydrogen) atoms. The number of nitrogens with one attached hydrogen (secondary N) is 2. The smallest absolute Gasteiger partial charge is 0.410 e. The van der Waals surface area contributed by atoms with Gasteiger partial charge in [-0.05, 0) is 53.7 Å². The minimum absolute atomic E-state index is 0. The minimum atomic E-state index is -0.452. The molecule has 0 aliphatic carbocycles. The third kappa shape index (κ3) is 21.5. The first kappa shape index (κ1) is 53.2. The third-order valence-electron chi connectivity index (χ3n) is 7.45. The molecule has 0 spiro atoms. The number of aliphatic hydroxyl groups is 1. The number of likely N-dealkylation sites (tertiary alicyclic amines) is 2. The lowest BCUT2D eigenvalue weighted by Gasteiger charge is -2.39. The van der Waals surface area contributed by atoms with E-state index in [4.69, 9.17) is 58.9 Å². The Morgan fingerprint density at radius 1 is 0.737 bits per heavy atom. The number of rotatable bonds is 7. The normalized spacial score (nSPS) is 14.8. The molecule has 0 unspecified atom stereocenters. The van der Waals surface area contributed by atoms with Crippen LogP contribution in [0.15, 0.2) is 59.8 Å². The van der Waals surface area contributed by atoms with Gasteiger partial charge in [0.1, 0.15) is 38.2 Å². The summed E-state index contributed by atoms with van der Waals surface area (Å²) in [7, 11) is 0. The summed E-state index contributed by atoms with van der Waals surface area (Å²) in [6, 6.07) is 9.71. The maximum Gasteiger partial charge on any atom is 0.410 e. The molecule has 6 heterocycles. The zero-order valence-corrected chi connectivity index (χ0v) is 33.8. The molecule has 0 saturated carbocycles. The number of nitrogens with zero attached hydrogens (tertiary/aromatic N) is 4. The highest BCUT2D eigenvalue weighted by molar-refractivity contribution is 6.30. The fourth-order valence-electron chi connectivity index (χ4n) is 4.57. The van der Waals surface area contributed by atoms with Crippen LogP contribution in [0.1, 0.15) is 63.8 Å². The van der Waals surface area contributed by atoms with E-state index in [2.05, 4.69) is 20.3 Å². The number of pyridine rings is 3. The Hall–Kier alpha value is -3.82. The highest BCUT2D eigenvalue weighted by Crippen LogP contribution is 2.22. The van der Waals surface area contributed by atoms with Gasteiger partial charge in [-0.15, -0.1) is 0 Å². The van der Waals surface area contributed by atoms with Crippen LogP contribution in [0.4, 0.5) is 9.59 Å². The molecule has 3 N–H and O–H groups in total. The van der Waals surface area contributed by atoms with E-state index < -0.39 is 11.2 Å². The third-order valence-corrected chi connectivity index (χ3v) is 8.08. The van der Waals surface area contributed by atoms with Crippen LogP contribution in [-0.2, 0) is 9.47 Å². The molecule has 3 saturated heterocycles. The number of H-pyrrole nitrogens is 1. The first-order valence-electron chi connectivity index (χ1n) is 17.5. The Morgan fingerprint density at radius 3 is 1.51 bits per heavy atom. The van der Waals surface area contributed by atoms with E-state index in [1.807, 2.05) is 47.6 Å². The molecule has 3 aliphatic rings. The van der Waals surface area contributed by atoms with Crippen LogP contribution in [-0.4, -0.2) is 112 Å². The summed E-state index contributed by atoms with van der Waals surface area (Å²) in [6.45, 7) is 17.2. The molecule has 3 aromatic heterocycles. The van der Waals surface area contributed by atoms with Crippen LogP contribution >= 0.6 is 34.8 Å². The zero-order chi connectivity index (χ0) is 39.9. The van der Waals surface area contributed by atoms with E-state index in [9.17, 15) is 14.4 Å². The van der Waals surface area contributed by atoms with Crippen LogP contribution in [0, 0.1) is 17.8 Å². The lowest BCUT2D eigenvalue weighted by molar-refractivity contribution is -0.0101. The summed E-state index contributed by atoms with van der Waals surface area (Å²) in [6.07, 6.45) is 4.21. The van der Waals surface area contributed by atoms with Crippen molar-refractivity contribution < 1.29 is 33.6 Å². The molecule has 17 heteroatoms. The summed E-state index contributed by atoms with van der Waals surface area (Å²) >= 11 is 16.9. The van der Waals surface area contributed by atoms with Gasteiger partial charge in [-0.25, -0.2) is 19.6 Å². The van der Waals surface area contributed by atoms with Crippen LogP contribution in [0.25, 0.3) is 0 Å². The van der Waals surface area contributed by atoms with Gasteiger partial charge in [0.2, 0.25) is 0 Å². The number of ether oxygens (including phenoxy) is 4. The monoisotopic (exact) mass is 860 g/mol. The first-order chi connectivity index (χ1) is 25.4. The van der Waals surface area contributed by atoms with Crippen LogP contribution < -0.4 is 20.2 Å². The summed E-state index contributed by atoms with van der Waals surface area (Å²) in [4.78, 5) is 47.1. The predicted octanol–water partition coefficient (Wildman–Crippen LogP) is 8.10. The van der Waals surface area contributed by atoms with Crippen molar-refractivity contribution in [1.29, 1.82) is 0 Å². The first-order valence-corrected chi connectivity index (χ1v) is 18.6. The van der Waals surface area contributed by atoms with Gasteiger partial charge < -0.3 is 44.2 Å². The molecule has 3 fully saturated rings. The van der Waals surface area contributed by atoms with Crippen molar-refractivity contribution in [2.45, 2.75) is 75.0 Å². The summed E-state index contributed by atoms with van der Waals surface area (Å²) in [5.74, 6) is 2.71. The van der Waals surface area contributed by atoms with E-state index in [-0.39, 0.29) is 52.4 Å². The highest BCUT2D eigenvalue weighted by Gasteiger charge is 2.34. The largest absolute Gasteiger partial charge is 0.493 e. The van der Waals surface area contributed by atoms with E-state index in [0.717, 1.165) is 25.4 Å². The predicted molar refractivity (Wildman–Crippen MR) is 228 cm³/mol. The van der Waals surface area contributed by atoms with Gasteiger partial charge in [-0.3, -0.25) is 4.79 Å². The van der Waals surface area contributed by atoms with Gasteiger partial charge in [0.15, 0.2) is 5.43 Å². The number of carbonyl (C=O) groups is 2. The van der Waals surface area contributed by atoms with Crippen LogP contribution in [0.5, 0.6) is 11.5 Å². The quantitative estimate of drug-likeness (QED) is 0.196. The molecular weight excluding hydrogens is 799 g/mol. The Bertz CT molecular complexity index is 1670. The molecule has 0 aromatic carbocycles. The SMILES string of the molecule is C.C.C.CC(C)(C)OC(=O)N1CC(CO)C1.CC(C)(C)OC(=O)N1CC(COc2ccnc(Cl)c2)C1.Clc1cc(OCC2CNC2)ccn1.O=c1cc[nH]c(Cl)c1. The van der Waals surface area contributed by atoms with Gasteiger partial charge in [-0.2, -0.15) is 0 Å². The van der Waals surface area contributed by atoms with Gasteiger partial charge in [-0.1, -0.05) is 57.1 Å². The van der Waals surface area contributed by atoms with Crippen molar-refractivity contribution in [3.63, 3.8) is 0 Å². The van der Waals surface area contributed by atoms with Crippen molar-refractivity contribution in [1.82, 2.24) is 30.1 Å². The van der Waals surface area contributed by atoms with Crippen molar-refractivity contribution >= 4 is 47.0 Å². The number of amides is 2. The maximum absolute atomic E-state index is 11.7. The molecule has 0 atom stereocenters. The molecule has 322 valence electrons. The lowest BCUT2D eigenvalue weighted by Crippen LogP contribution is -2.53. The number of aromatic nitrogens is 3. The number of aliphatic hydroxyl groups excluding tert-OH is 1. The van der Waals surface area contributed by atoms with Gasteiger partial charge in [0.05, 0.1) is 13.2 Å². The number of aromatic amines is 1. The molecule has 0 radical (unpaired) electrons. The van der Waals surface area contributed by atoms with Crippen molar-refractivity contribution in [2.24, 2.45) is 17.8 Å². The molecule has 14 nitrogen and oxygen atoms in total. The van der Waals surface area contributed by atoms with Gasteiger partial charge in [0, 0.05) is 106 Å². The average Bonchev–Trinajstić information content (AvgIpc) is 2.98. The van der Waals surface area contributed by atoms with Gasteiger partial charge in [0.25, 0.3) is 0 Å². The number of hydrogen-bond donors (Lipinski definition) is 3. The van der Waals surface area contributed by atoms with E-state index in [1.165, 1.54) is 18.3 Å². The van der Waals surface area contributed by atoms with Crippen molar-refractivity contribution in [2.75, 3.05) is 59.1 Å². The highest BCUT2D eigenvalue weighted by atomic mass is 35.5. The molecular formula is C40H63Cl3N6O8. The second kappa shape index (κ2) is 25.5. The zero-order valence-electron chi connectivity index (χ0n) is 31.5. The Labute approximate surface area is 353 Å². The molecule has 3 aliphatic heterocycles. The van der Waals surface area contributed by atoms with Crippen molar-refractivity contribution in [3.05, 3.63) is 80.7 Å². The number of hydrogen-bond acceptors (Lipinski definition) is 11. The second-order valence-electron chi connectivity index (χ2n) is 14.8. The minimum Gasteiger partial charge on any atom is -0.493 e. The van der Waals surface area contributed by atoms with E-state index in [1.54, 1.807) is 40.4 Å². The summed E-state index contributed by atoms with van der Waals surface area (Å²) in [5, 5.41) is 13.2. The molecule has 2 amide bonds. The lowest BCUT2D eigenvalue weighted by atomic mass is 10.0. The van der Waals surface area contributed by atoms with Crippen molar-refractivity contribution in [3.8, 4) is 11.5 Å². The van der Waals surface area contributed by atoms with E-state index in [0.29, 0.717) is 65.8 Å². The standard InChI is InChI=1S/C14H19ClN2O3.C9H11ClN2O.C9H17NO3.C5H4ClNO.3CH4/c1-14(2,3)20-13(18)17-7-10(8-17)9-19-11-4-5-16-12(15)6-11;10-9-3-8(1-2-12-9)13-6-7-4-11-5-7;1-9(2,3)13-8(12)10-4-7(5-10)6-11;6-5-3-4(8)1-2-7-5;;;/h4-6,10H,7-9H2,1-3H3;1-3,7,11H,4-6H2;7,11H,4-6H2,1-3H3;1-3H,(H,7,8);3*1H4. The van der Waals surface area contributed by atoms with Crippen LogP contribution in [0.2, 0.25) is 15.5 Å². The Kier molecular flexibility index (Phi) is 23.8. The Balaban J connectivity index is 0.000000753. The molecule has 3 aromatic rings. The average molecular weight is 862 g/mol. The fourth-order valence-corrected chi connectivity index (χ4v) is 5.07. The fraction of sp³-hybridized carbons (Fsp3) is 0.575. The van der Waals surface area contributed by atoms with E-state index >= 15 is 0 Å². The Morgan fingerprint density at radius 2 is 1.18 bits per heavy atom. The molecule has 6 rings (SSSR count). The van der Waals surface area contributed by atoms with Gasteiger partial charge >= 0.3 is 12.2 Å².